The van der Waals surface area contributed by atoms with Crippen molar-refractivity contribution < 1.29 is 14.3 Å². The second kappa shape index (κ2) is 8.03. The van der Waals surface area contributed by atoms with Crippen LogP contribution in [0, 0.1) is 0 Å². The summed E-state index contributed by atoms with van der Waals surface area (Å²) in [6, 6.07) is 15.6. The summed E-state index contributed by atoms with van der Waals surface area (Å²) in [6.07, 6.45) is 0. The summed E-state index contributed by atoms with van der Waals surface area (Å²) in [7, 11) is 3.42. The molecule has 0 radical (unpaired) electrons. The van der Waals surface area contributed by atoms with Gasteiger partial charge in [-0.15, -0.1) is 0 Å². The van der Waals surface area contributed by atoms with E-state index in [1.54, 1.807) is 18.1 Å². The molecule has 1 aliphatic heterocycles. The van der Waals surface area contributed by atoms with E-state index >= 15 is 0 Å². The zero-order valence-electron chi connectivity index (χ0n) is 14.8. The van der Waals surface area contributed by atoms with Crippen molar-refractivity contribution in [3.05, 3.63) is 59.7 Å². The third-order valence-electron chi connectivity index (χ3n) is 4.40. The maximum Gasteiger partial charge on any atom is 0.254 e. The minimum atomic E-state index is -0.0174. The first-order chi connectivity index (χ1) is 12.2. The van der Waals surface area contributed by atoms with Crippen LogP contribution in [0.2, 0.25) is 0 Å². The monoisotopic (exact) mass is 340 g/mol. The number of carbonyl (C=O) groups excluding carboxylic acids is 1. The molecule has 0 bridgehead atoms. The van der Waals surface area contributed by atoms with Gasteiger partial charge >= 0.3 is 0 Å². The van der Waals surface area contributed by atoms with Gasteiger partial charge in [-0.25, -0.2) is 0 Å². The first-order valence-corrected chi connectivity index (χ1v) is 8.48. The lowest BCUT2D eigenvalue weighted by Gasteiger charge is -2.29. The highest BCUT2D eigenvalue weighted by Gasteiger charge is 2.14. The van der Waals surface area contributed by atoms with Crippen LogP contribution in [0.4, 0.5) is 5.69 Å². The van der Waals surface area contributed by atoms with Crippen molar-refractivity contribution in [2.24, 2.45) is 0 Å². The van der Waals surface area contributed by atoms with Gasteiger partial charge in [0.1, 0.15) is 5.75 Å². The molecule has 2 aromatic carbocycles. The Morgan fingerprint density at radius 2 is 1.88 bits per heavy atom. The van der Waals surface area contributed by atoms with Gasteiger partial charge in [0.25, 0.3) is 5.91 Å². The third-order valence-corrected chi connectivity index (χ3v) is 4.40. The van der Waals surface area contributed by atoms with Crippen molar-refractivity contribution >= 4 is 11.6 Å². The Labute approximate surface area is 148 Å². The van der Waals surface area contributed by atoms with Crippen LogP contribution in [0.3, 0.4) is 0 Å². The Kier molecular flexibility index (Phi) is 5.56. The Bertz CT molecular complexity index is 709. The maximum absolute atomic E-state index is 12.6. The Balaban J connectivity index is 1.63. The van der Waals surface area contributed by atoms with Crippen molar-refractivity contribution in [3.8, 4) is 5.75 Å². The van der Waals surface area contributed by atoms with E-state index in [-0.39, 0.29) is 5.91 Å². The number of rotatable bonds is 5. The van der Waals surface area contributed by atoms with Gasteiger partial charge in [-0.3, -0.25) is 4.79 Å². The molecular weight excluding hydrogens is 316 g/mol. The fraction of sp³-hybridized carbons (Fsp3) is 0.350. The number of benzene rings is 2. The van der Waals surface area contributed by atoms with E-state index < -0.39 is 0 Å². The molecule has 132 valence electrons. The highest BCUT2D eigenvalue weighted by molar-refractivity contribution is 5.94. The lowest BCUT2D eigenvalue weighted by molar-refractivity contribution is 0.0784. The minimum absolute atomic E-state index is 0.0174. The number of methoxy groups -OCH3 is 1. The molecule has 0 saturated carbocycles. The summed E-state index contributed by atoms with van der Waals surface area (Å²) in [6.45, 7) is 3.97. The Hall–Kier alpha value is -2.53. The van der Waals surface area contributed by atoms with E-state index in [1.807, 2.05) is 25.2 Å². The molecule has 0 atom stereocenters. The smallest absolute Gasteiger partial charge is 0.254 e. The van der Waals surface area contributed by atoms with Gasteiger partial charge < -0.3 is 19.3 Å². The summed E-state index contributed by atoms with van der Waals surface area (Å²) in [5, 5.41) is 0. The van der Waals surface area contributed by atoms with E-state index in [2.05, 4.69) is 29.2 Å². The number of anilines is 1. The van der Waals surface area contributed by atoms with Crippen LogP contribution in [0.5, 0.6) is 5.75 Å². The number of ether oxygens (including phenoxy) is 2. The summed E-state index contributed by atoms with van der Waals surface area (Å²) in [5.41, 5.74) is 2.94. The van der Waals surface area contributed by atoms with Gasteiger partial charge in [-0.05, 0) is 35.9 Å². The summed E-state index contributed by atoms with van der Waals surface area (Å²) < 4.78 is 10.6. The van der Waals surface area contributed by atoms with Crippen molar-refractivity contribution in [1.29, 1.82) is 0 Å². The second-order valence-corrected chi connectivity index (χ2v) is 6.16. The van der Waals surface area contributed by atoms with Crippen LogP contribution in [0.25, 0.3) is 0 Å². The molecule has 1 saturated heterocycles. The topological polar surface area (TPSA) is 42.0 Å². The van der Waals surface area contributed by atoms with Gasteiger partial charge in [-0.1, -0.05) is 18.2 Å². The van der Waals surface area contributed by atoms with Crippen LogP contribution in [-0.2, 0) is 11.3 Å². The molecule has 0 spiro atoms. The maximum atomic E-state index is 12.6. The largest absolute Gasteiger partial charge is 0.497 e. The van der Waals surface area contributed by atoms with Gasteiger partial charge in [0.2, 0.25) is 0 Å². The van der Waals surface area contributed by atoms with E-state index in [4.69, 9.17) is 9.47 Å². The zero-order chi connectivity index (χ0) is 17.6. The number of carbonyl (C=O) groups is 1. The van der Waals surface area contributed by atoms with E-state index in [0.717, 1.165) is 31.9 Å². The highest BCUT2D eigenvalue weighted by atomic mass is 16.5. The van der Waals surface area contributed by atoms with Gasteiger partial charge in [0, 0.05) is 37.9 Å². The molecule has 5 nitrogen and oxygen atoms in total. The average molecular weight is 340 g/mol. The van der Waals surface area contributed by atoms with Crippen LogP contribution < -0.4 is 9.64 Å². The minimum Gasteiger partial charge on any atom is -0.497 e. The zero-order valence-corrected chi connectivity index (χ0v) is 14.8. The van der Waals surface area contributed by atoms with Crippen LogP contribution >= 0.6 is 0 Å². The predicted octanol–water partition coefficient (Wildman–Crippen LogP) is 2.80. The Morgan fingerprint density at radius 3 is 2.56 bits per heavy atom. The first kappa shape index (κ1) is 17.3. The van der Waals surface area contributed by atoms with Gasteiger partial charge in [-0.2, -0.15) is 0 Å². The fourth-order valence-corrected chi connectivity index (χ4v) is 2.96. The summed E-state index contributed by atoms with van der Waals surface area (Å²) in [5.74, 6) is 0.672. The van der Waals surface area contributed by atoms with Gasteiger partial charge in [0.05, 0.1) is 20.3 Å². The molecule has 25 heavy (non-hydrogen) atoms. The average Bonchev–Trinajstić information content (AvgIpc) is 2.68. The molecule has 0 unspecified atom stereocenters. The normalized spacial score (nSPS) is 14.2. The molecule has 5 heteroatoms. The molecule has 2 aromatic rings. The molecule has 0 N–H and O–H groups in total. The van der Waals surface area contributed by atoms with Crippen LogP contribution in [0.15, 0.2) is 48.5 Å². The van der Waals surface area contributed by atoms with Crippen LogP contribution in [0.1, 0.15) is 15.9 Å². The van der Waals surface area contributed by atoms with Gasteiger partial charge in [0.15, 0.2) is 0 Å². The van der Waals surface area contributed by atoms with E-state index in [9.17, 15) is 4.79 Å². The van der Waals surface area contributed by atoms with Crippen molar-refractivity contribution in [1.82, 2.24) is 4.90 Å². The Morgan fingerprint density at radius 1 is 1.16 bits per heavy atom. The highest BCUT2D eigenvalue weighted by Crippen LogP contribution is 2.19. The molecule has 1 aliphatic rings. The number of nitrogens with zero attached hydrogens (tertiary/aromatic N) is 2. The number of morpholine rings is 1. The predicted molar refractivity (Wildman–Crippen MR) is 98.3 cm³/mol. The molecule has 0 aliphatic carbocycles. The summed E-state index contributed by atoms with van der Waals surface area (Å²) in [4.78, 5) is 16.6. The van der Waals surface area contributed by atoms with E-state index in [0.29, 0.717) is 17.9 Å². The quantitative estimate of drug-likeness (QED) is 0.839. The molecular formula is C20H24N2O3. The lowest BCUT2D eigenvalue weighted by atomic mass is 10.1. The molecule has 1 heterocycles. The molecule has 3 rings (SSSR count). The molecule has 1 fully saturated rings. The van der Waals surface area contributed by atoms with Crippen LogP contribution in [-0.4, -0.2) is 51.3 Å². The number of hydrogen-bond acceptors (Lipinski definition) is 4. The fourth-order valence-electron chi connectivity index (χ4n) is 2.96. The molecule has 1 amide bonds. The third kappa shape index (κ3) is 4.31. The number of amides is 1. The van der Waals surface area contributed by atoms with Crippen molar-refractivity contribution in [2.75, 3.05) is 45.4 Å². The lowest BCUT2D eigenvalue weighted by Crippen LogP contribution is -2.36. The first-order valence-electron chi connectivity index (χ1n) is 8.48. The van der Waals surface area contributed by atoms with E-state index in [1.165, 1.54) is 5.69 Å². The second-order valence-electron chi connectivity index (χ2n) is 6.16. The number of hydrogen-bond donors (Lipinski definition) is 0. The van der Waals surface area contributed by atoms with Crippen molar-refractivity contribution in [3.63, 3.8) is 0 Å². The SMILES string of the molecule is COc1cccc(C(=O)N(C)Cc2ccc(N3CCOCC3)cc2)c1. The summed E-state index contributed by atoms with van der Waals surface area (Å²) >= 11 is 0. The molecule has 0 aromatic heterocycles. The standard InChI is InChI=1S/C20H24N2O3/c1-21(20(23)17-4-3-5-19(14-17)24-2)15-16-6-8-18(9-7-16)22-10-12-25-13-11-22/h3-9,14H,10-13,15H2,1-2H3. The van der Waals surface area contributed by atoms with Crippen molar-refractivity contribution in [2.45, 2.75) is 6.54 Å².